The van der Waals surface area contributed by atoms with E-state index in [2.05, 4.69) is 17.6 Å². The molecule has 0 saturated heterocycles. The minimum atomic E-state index is -0.178. The van der Waals surface area contributed by atoms with Gasteiger partial charge in [-0.25, -0.2) is 4.39 Å². The van der Waals surface area contributed by atoms with E-state index in [0.29, 0.717) is 0 Å². The molecule has 0 N–H and O–H groups in total. The van der Waals surface area contributed by atoms with Gasteiger partial charge in [0, 0.05) is 19.3 Å². The fraction of sp³-hybridized carbons (Fsp3) is 0.286. The summed E-state index contributed by atoms with van der Waals surface area (Å²) in [4.78, 5) is 2.10. The molecule has 0 atom stereocenters. The van der Waals surface area contributed by atoms with Gasteiger partial charge < -0.3 is 4.90 Å². The molecule has 0 fully saturated rings. The van der Waals surface area contributed by atoms with Gasteiger partial charge in [0.2, 0.25) is 0 Å². The third-order valence-electron chi connectivity index (χ3n) is 2.00. The van der Waals surface area contributed by atoms with Crippen LogP contribution in [0.3, 0.4) is 0 Å². The highest BCUT2D eigenvalue weighted by atomic mass is 19.1. The Labute approximate surface area is 97.9 Å². The number of nitrogens with zero attached hydrogens (tertiary/aromatic N) is 1. The standard InChI is InChI=1S/C8H15N.C6H5F/c1-5-6-7-9(4)8(2)3;7-6-4-2-1-3-5-6/h5-6H,2,7H2,1,3-4H3;1-5H/b6-5-;. The lowest BCUT2D eigenvalue weighted by molar-refractivity contribution is 0.468. The average Bonchev–Trinajstić information content (AvgIpc) is 2.27. The molecule has 0 spiro atoms. The van der Waals surface area contributed by atoms with E-state index < -0.39 is 0 Å². The third kappa shape index (κ3) is 7.80. The summed E-state index contributed by atoms with van der Waals surface area (Å²) in [7, 11) is 2.03. The minimum absolute atomic E-state index is 0.178. The molecule has 0 radical (unpaired) electrons. The maximum atomic E-state index is 11.9. The molecular formula is C14H20FN. The fourth-order valence-corrected chi connectivity index (χ4v) is 0.834. The Hall–Kier alpha value is -1.57. The van der Waals surface area contributed by atoms with Crippen LogP contribution < -0.4 is 0 Å². The maximum absolute atomic E-state index is 11.9. The average molecular weight is 221 g/mol. The van der Waals surface area contributed by atoms with E-state index >= 15 is 0 Å². The molecular weight excluding hydrogens is 201 g/mol. The third-order valence-corrected chi connectivity index (χ3v) is 2.00. The molecule has 0 aliphatic carbocycles. The molecule has 88 valence electrons. The molecule has 2 heteroatoms. The normalized spacial score (nSPS) is 9.50. The number of halogens is 1. The lowest BCUT2D eigenvalue weighted by atomic mass is 10.4. The number of likely N-dealkylation sites (N-methyl/N-ethyl adjacent to an activating group) is 1. The summed E-state index contributed by atoms with van der Waals surface area (Å²) in [5.41, 5.74) is 1.10. The van der Waals surface area contributed by atoms with Gasteiger partial charge in [-0.3, -0.25) is 0 Å². The number of allylic oxidation sites excluding steroid dienone is 2. The summed E-state index contributed by atoms with van der Waals surface area (Å²) in [6.45, 7) is 8.79. The van der Waals surface area contributed by atoms with Crippen LogP contribution in [0.4, 0.5) is 4.39 Å². The van der Waals surface area contributed by atoms with Gasteiger partial charge in [0.25, 0.3) is 0 Å². The summed E-state index contributed by atoms with van der Waals surface area (Å²) < 4.78 is 11.9. The molecule has 1 aromatic carbocycles. The number of benzene rings is 1. The van der Waals surface area contributed by atoms with Gasteiger partial charge in [0.05, 0.1) is 0 Å². The Morgan fingerprint density at radius 2 is 1.94 bits per heavy atom. The Kier molecular flexibility index (Phi) is 7.86. The SMILES string of the molecule is C=C(C)N(C)C/C=C\C.Fc1ccccc1. The Morgan fingerprint density at radius 3 is 2.25 bits per heavy atom. The first kappa shape index (κ1) is 14.4. The van der Waals surface area contributed by atoms with Crippen LogP contribution in [0.2, 0.25) is 0 Å². The van der Waals surface area contributed by atoms with Gasteiger partial charge in [-0.2, -0.15) is 0 Å². The summed E-state index contributed by atoms with van der Waals surface area (Å²) >= 11 is 0. The van der Waals surface area contributed by atoms with Crippen molar-refractivity contribution in [1.82, 2.24) is 4.90 Å². The molecule has 1 aromatic rings. The van der Waals surface area contributed by atoms with Crippen LogP contribution in [-0.2, 0) is 0 Å². The molecule has 0 amide bonds. The van der Waals surface area contributed by atoms with E-state index in [9.17, 15) is 4.39 Å². The van der Waals surface area contributed by atoms with Crippen molar-refractivity contribution in [3.63, 3.8) is 0 Å². The summed E-state index contributed by atoms with van der Waals surface area (Å²) in [6.07, 6.45) is 4.15. The number of rotatable bonds is 3. The van der Waals surface area contributed by atoms with Crippen LogP contribution in [0.25, 0.3) is 0 Å². The van der Waals surface area contributed by atoms with Gasteiger partial charge in [0.1, 0.15) is 5.82 Å². The number of hydrogen-bond acceptors (Lipinski definition) is 1. The van der Waals surface area contributed by atoms with Gasteiger partial charge in [-0.05, 0) is 26.0 Å². The molecule has 0 bridgehead atoms. The van der Waals surface area contributed by atoms with E-state index in [0.717, 1.165) is 12.2 Å². The highest BCUT2D eigenvalue weighted by molar-refractivity contribution is 5.02. The smallest absolute Gasteiger partial charge is 0.123 e. The van der Waals surface area contributed by atoms with Crippen LogP contribution in [-0.4, -0.2) is 18.5 Å². The molecule has 0 unspecified atom stereocenters. The first-order valence-corrected chi connectivity index (χ1v) is 5.26. The molecule has 0 aliphatic rings. The van der Waals surface area contributed by atoms with Gasteiger partial charge in [-0.1, -0.05) is 36.9 Å². The Balaban J connectivity index is 0.000000288. The minimum Gasteiger partial charge on any atom is -0.375 e. The highest BCUT2D eigenvalue weighted by Crippen LogP contribution is 1.94. The fourth-order valence-electron chi connectivity index (χ4n) is 0.834. The van der Waals surface area contributed by atoms with Crippen molar-refractivity contribution in [2.24, 2.45) is 0 Å². The zero-order chi connectivity index (χ0) is 12.4. The van der Waals surface area contributed by atoms with Crippen molar-refractivity contribution in [3.8, 4) is 0 Å². The van der Waals surface area contributed by atoms with E-state index in [4.69, 9.17) is 0 Å². The maximum Gasteiger partial charge on any atom is 0.123 e. The lowest BCUT2D eigenvalue weighted by Crippen LogP contribution is -2.14. The second-order valence-corrected chi connectivity index (χ2v) is 3.48. The zero-order valence-electron chi connectivity index (χ0n) is 10.3. The highest BCUT2D eigenvalue weighted by Gasteiger charge is 1.89. The van der Waals surface area contributed by atoms with E-state index in [1.54, 1.807) is 18.2 Å². The van der Waals surface area contributed by atoms with Crippen LogP contribution in [0.5, 0.6) is 0 Å². The van der Waals surface area contributed by atoms with Crippen molar-refractivity contribution in [1.29, 1.82) is 0 Å². The zero-order valence-corrected chi connectivity index (χ0v) is 10.3. The molecule has 0 aromatic heterocycles. The van der Waals surface area contributed by atoms with Crippen molar-refractivity contribution in [3.05, 3.63) is 60.6 Å². The molecule has 0 heterocycles. The van der Waals surface area contributed by atoms with E-state index in [1.165, 1.54) is 12.1 Å². The van der Waals surface area contributed by atoms with Crippen LogP contribution in [0.15, 0.2) is 54.8 Å². The van der Waals surface area contributed by atoms with Crippen molar-refractivity contribution in [2.45, 2.75) is 13.8 Å². The van der Waals surface area contributed by atoms with Crippen molar-refractivity contribution >= 4 is 0 Å². The van der Waals surface area contributed by atoms with Gasteiger partial charge in [0.15, 0.2) is 0 Å². The van der Waals surface area contributed by atoms with Gasteiger partial charge in [-0.15, -0.1) is 0 Å². The predicted octanol–water partition coefficient (Wildman–Crippen LogP) is 3.85. The quantitative estimate of drug-likeness (QED) is 0.701. The largest absolute Gasteiger partial charge is 0.375 e. The predicted molar refractivity (Wildman–Crippen MR) is 68.7 cm³/mol. The van der Waals surface area contributed by atoms with Crippen LogP contribution in [0, 0.1) is 5.82 Å². The van der Waals surface area contributed by atoms with E-state index in [1.807, 2.05) is 27.0 Å². The van der Waals surface area contributed by atoms with Crippen LogP contribution in [0.1, 0.15) is 13.8 Å². The van der Waals surface area contributed by atoms with Crippen LogP contribution >= 0.6 is 0 Å². The molecule has 1 rings (SSSR count). The van der Waals surface area contributed by atoms with Crippen molar-refractivity contribution in [2.75, 3.05) is 13.6 Å². The van der Waals surface area contributed by atoms with Gasteiger partial charge >= 0.3 is 0 Å². The summed E-state index contributed by atoms with van der Waals surface area (Å²) in [6, 6.07) is 7.94. The lowest BCUT2D eigenvalue weighted by Gasteiger charge is -2.15. The second-order valence-electron chi connectivity index (χ2n) is 3.48. The van der Waals surface area contributed by atoms with E-state index in [-0.39, 0.29) is 5.82 Å². The molecule has 1 nitrogen and oxygen atoms in total. The summed E-state index contributed by atoms with van der Waals surface area (Å²) in [5.74, 6) is -0.178. The Morgan fingerprint density at radius 1 is 1.38 bits per heavy atom. The first-order chi connectivity index (χ1) is 7.57. The molecule has 16 heavy (non-hydrogen) atoms. The molecule has 0 aliphatic heterocycles. The monoisotopic (exact) mass is 221 g/mol. The first-order valence-electron chi connectivity index (χ1n) is 5.26. The second kappa shape index (κ2) is 8.72. The topological polar surface area (TPSA) is 3.24 Å². The van der Waals surface area contributed by atoms with Crippen molar-refractivity contribution < 1.29 is 4.39 Å². The Bertz CT molecular complexity index is 317. The number of hydrogen-bond donors (Lipinski definition) is 0. The summed E-state index contributed by atoms with van der Waals surface area (Å²) in [5, 5.41) is 0. The molecule has 0 saturated carbocycles.